The molecule has 1 nitrogen and oxygen atoms in total. The fourth-order valence-corrected chi connectivity index (χ4v) is 6.30. The molecule has 0 aromatic heterocycles. The summed E-state index contributed by atoms with van der Waals surface area (Å²) in [6, 6.07) is 6.43. The van der Waals surface area contributed by atoms with Gasteiger partial charge in [-0.1, -0.05) is 17.7 Å². The molecule has 0 radical (unpaired) electrons. The van der Waals surface area contributed by atoms with Gasteiger partial charge in [-0.2, -0.15) is 0 Å². The van der Waals surface area contributed by atoms with Crippen molar-refractivity contribution in [1.82, 2.24) is 0 Å². The molecule has 0 amide bonds. The van der Waals surface area contributed by atoms with Crippen LogP contribution in [0.4, 0.5) is 0 Å². The van der Waals surface area contributed by atoms with Crippen molar-refractivity contribution in [2.75, 3.05) is 7.11 Å². The minimum atomic E-state index is 0.120. The van der Waals surface area contributed by atoms with E-state index < -0.39 is 0 Å². The van der Waals surface area contributed by atoms with E-state index in [1.54, 1.807) is 7.11 Å². The first kappa shape index (κ1) is 13.9. The Morgan fingerprint density at radius 1 is 1.05 bits per heavy atom. The molecule has 4 fully saturated rings. The molecule has 114 valence electrons. The summed E-state index contributed by atoms with van der Waals surface area (Å²) in [5, 5.41) is 0.120. The van der Waals surface area contributed by atoms with Crippen LogP contribution in [-0.2, 0) is 0 Å². The average Bonchev–Trinajstić information content (AvgIpc) is 2.46. The largest absolute Gasteiger partial charge is 0.496 e. The number of aryl methyl sites for hydroxylation is 1. The van der Waals surface area contributed by atoms with E-state index in [0.717, 1.165) is 29.4 Å². The lowest BCUT2D eigenvalue weighted by Gasteiger charge is -2.55. The van der Waals surface area contributed by atoms with Gasteiger partial charge in [0.2, 0.25) is 0 Å². The van der Waals surface area contributed by atoms with E-state index in [1.807, 2.05) is 0 Å². The topological polar surface area (TPSA) is 9.23 Å². The Balaban J connectivity index is 1.66. The molecular weight excluding hydrogens is 280 g/mol. The van der Waals surface area contributed by atoms with Crippen LogP contribution in [-0.4, -0.2) is 7.11 Å². The summed E-state index contributed by atoms with van der Waals surface area (Å²) >= 11 is 7.03. The van der Waals surface area contributed by atoms with Gasteiger partial charge < -0.3 is 4.74 Å². The summed E-state index contributed by atoms with van der Waals surface area (Å²) in [4.78, 5) is 0. The zero-order valence-electron chi connectivity index (χ0n) is 13.0. The minimum absolute atomic E-state index is 0.120. The van der Waals surface area contributed by atoms with Gasteiger partial charge in [0.15, 0.2) is 0 Å². The monoisotopic (exact) mass is 304 g/mol. The predicted octanol–water partition coefficient (Wildman–Crippen LogP) is 5.36. The molecule has 5 rings (SSSR count). The smallest absolute Gasteiger partial charge is 0.123 e. The van der Waals surface area contributed by atoms with E-state index in [-0.39, 0.29) is 5.38 Å². The van der Waals surface area contributed by atoms with Crippen molar-refractivity contribution >= 4 is 11.6 Å². The van der Waals surface area contributed by atoms with Gasteiger partial charge in [0.25, 0.3) is 0 Å². The molecule has 4 aliphatic carbocycles. The quantitative estimate of drug-likeness (QED) is 0.683. The highest BCUT2D eigenvalue weighted by Crippen LogP contribution is 2.61. The Kier molecular flexibility index (Phi) is 3.45. The highest BCUT2D eigenvalue weighted by atomic mass is 35.5. The lowest BCUT2D eigenvalue weighted by Crippen LogP contribution is -2.46. The first-order valence-corrected chi connectivity index (χ1v) is 8.88. The van der Waals surface area contributed by atoms with Crippen LogP contribution < -0.4 is 4.74 Å². The molecule has 0 spiro atoms. The van der Waals surface area contributed by atoms with Gasteiger partial charge >= 0.3 is 0 Å². The molecule has 1 atom stereocenters. The molecule has 0 saturated heterocycles. The van der Waals surface area contributed by atoms with Crippen molar-refractivity contribution in [3.8, 4) is 5.75 Å². The Morgan fingerprint density at radius 2 is 1.67 bits per heavy atom. The highest BCUT2D eigenvalue weighted by Gasteiger charge is 2.50. The molecule has 21 heavy (non-hydrogen) atoms. The van der Waals surface area contributed by atoms with Gasteiger partial charge in [0, 0.05) is 5.56 Å². The molecule has 4 bridgehead atoms. The van der Waals surface area contributed by atoms with Crippen LogP contribution in [0, 0.1) is 36.5 Å². The van der Waals surface area contributed by atoms with Crippen molar-refractivity contribution in [2.45, 2.75) is 44.4 Å². The van der Waals surface area contributed by atoms with Gasteiger partial charge in [0.05, 0.1) is 12.5 Å². The Hall–Kier alpha value is -0.690. The second-order valence-electron chi connectivity index (χ2n) is 7.66. The number of ether oxygens (including phenoxy) is 1. The van der Waals surface area contributed by atoms with Crippen LogP contribution >= 0.6 is 11.6 Å². The number of hydrogen-bond donors (Lipinski definition) is 0. The Morgan fingerprint density at radius 3 is 2.24 bits per heavy atom. The van der Waals surface area contributed by atoms with E-state index >= 15 is 0 Å². The van der Waals surface area contributed by atoms with Crippen molar-refractivity contribution in [3.63, 3.8) is 0 Å². The number of halogens is 1. The molecule has 4 aliphatic rings. The third kappa shape index (κ3) is 2.29. The highest BCUT2D eigenvalue weighted by molar-refractivity contribution is 6.21. The van der Waals surface area contributed by atoms with Gasteiger partial charge in [0.1, 0.15) is 5.75 Å². The maximum Gasteiger partial charge on any atom is 0.123 e. The van der Waals surface area contributed by atoms with Gasteiger partial charge in [-0.15, -0.1) is 11.6 Å². The lowest BCUT2D eigenvalue weighted by atomic mass is 9.51. The summed E-state index contributed by atoms with van der Waals surface area (Å²) in [7, 11) is 1.76. The second kappa shape index (κ2) is 5.19. The van der Waals surface area contributed by atoms with Crippen molar-refractivity contribution < 1.29 is 4.74 Å². The number of alkyl halides is 1. The summed E-state index contributed by atoms with van der Waals surface area (Å²) in [6.07, 6.45) is 7.20. The zero-order chi connectivity index (χ0) is 14.6. The van der Waals surface area contributed by atoms with E-state index in [9.17, 15) is 0 Å². The van der Waals surface area contributed by atoms with Gasteiger partial charge in [-0.25, -0.2) is 0 Å². The summed E-state index contributed by atoms with van der Waals surface area (Å²) in [6.45, 7) is 2.14. The zero-order valence-corrected chi connectivity index (χ0v) is 13.8. The van der Waals surface area contributed by atoms with Crippen molar-refractivity contribution in [2.24, 2.45) is 29.6 Å². The molecule has 4 saturated carbocycles. The molecule has 0 N–H and O–H groups in total. The van der Waals surface area contributed by atoms with Gasteiger partial charge in [-0.05, 0) is 74.7 Å². The number of hydrogen-bond acceptors (Lipinski definition) is 1. The van der Waals surface area contributed by atoms with Crippen LogP contribution in [0.2, 0.25) is 0 Å². The fourth-order valence-electron chi connectivity index (χ4n) is 5.72. The van der Waals surface area contributed by atoms with Crippen LogP contribution in [0.25, 0.3) is 0 Å². The molecule has 1 aromatic rings. The third-order valence-electron chi connectivity index (χ3n) is 6.32. The standard InChI is InChI=1S/C19H25ClO/c1-11-3-4-17(21-2)16(5-11)19(20)18-14-7-12-6-13(9-14)10-15(18)8-12/h3-5,12-15,18-19H,6-10H2,1-2H3. The number of rotatable bonds is 3. The second-order valence-corrected chi connectivity index (χ2v) is 8.13. The van der Waals surface area contributed by atoms with Crippen molar-refractivity contribution in [3.05, 3.63) is 29.3 Å². The van der Waals surface area contributed by atoms with Crippen LogP contribution in [0.1, 0.15) is 48.6 Å². The molecule has 1 unspecified atom stereocenters. The molecule has 0 heterocycles. The summed E-state index contributed by atoms with van der Waals surface area (Å²) in [5.74, 6) is 5.35. The first-order chi connectivity index (χ1) is 10.2. The van der Waals surface area contributed by atoms with E-state index in [1.165, 1.54) is 43.2 Å². The summed E-state index contributed by atoms with van der Waals surface area (Å²) in [5.41, 5.74) is 2.50. The van der Waals surface area contributed by atoms with Crippen molar-refractivity contribution in [1.29, 1.82) is 0 Å². The molecule has 0 aliphatic heterocycles. The molecule has 1 aromatic carbocycles. The normalized spacial score (nSPS) is 38.5. The lowest BCUT2D eigenvalue weighted by molar-refractivity contribution is -0.0383. The molecule has 2 heteroatoms. The van der Waals surface area contributed by atoms with E-state index in [0.29, 0.717) is 5.92 Å². The van der Waals surface area contributed by atoms with E-state index in [2.05, 4.69) is 25.1 Å². The molecular formula is C19H25ClO. The van der Waals surface area contributed by atoms with Crippen LogP contribution in [0.15, 0.2) is 18.2 Å². The first-order valence-electron chi connectivity index (χ1n) is 8.44. The Labute approximate surface area is 133 Å². The van der Waals surface area contributed by atoms with E-state index in [4.69, 9.17) is 16.3 Å². The average molecular weight is 305 g/mol. The maximum atomic E-state index is 7.03. The fraction of sp³-hybridized carbons (Fsp3) is 0.684. The van der Waals surface area contributed by atoms with Crippen LogP contribution in [0.5, 0.6) is 5.75 Å². The third-order valence-corrected chi connectivity index (χ3v) is 6.85. The minimum Gasteiger partial charge on any atom is -0.496 e. The maximum absolute atomic E-state index is 7.03. The number of benzene rings is 1. The summed E-state index contributed by atoms with van der Waals surface area (Å²) < 4.78 is 5.58. The SMILES string of the molecule is COc1ccc(C)cc1C(Cl)C1C2CC3CC(C2)CC1C3. The predicted molar refractivity (Wildman–Crippen MR) is 86.9 cm³/mol. The van der Waals surface area contributed by atoms with Gasteiger partial charge in [-0.3, -0.25) is 0 Å². The van der Waals surface area contributed by atoms with Crippen LogP contribution in [0.3, 0.4) is 0 Å². The number of methoxy groups -OCH3 is 1. The Bertz CT molecular complexity index is 510.